The van der Waals surface area contributed by atoms with E-state index in [1.54, 1.807) is 34.1 Å². The Morgan fingerprint density at radius 3 is 2.77 bits per heavy atom. The number of furan rings is 1. The van der Waals surface area contributed by atoms with Crippen molar-refractivity contribution in [2.75, 3.05) is 39.6 Å². The van der Waals surface area contributed by atoms with Gasteiger partial charge in [-0.3, -0.25) is 9.59 Å². The Balaban J connectivity index is 1.46. The number of morpholine rings is 1. The molecular formula is C22H26N2O6. The van der Waals surface area contributed by atoms with Crippen molar-refractivity contribution in [2.24, 2.45) is 5.92 Å². The minimum Gasteiger partial charge on any atom is -0.472 e. The number of hydrogen-bond donors (Lipinski definition) is 0. The zero-order chi connectivity index (χ0) is 21.1. The first-order valence-electron chi connectivity index (χ1n) is 10.1. The van der Waals surface area contributed by atoms with Gasteiger partial charge in [0.15, 0.2) is 11.5 Å². The third-order valence-corrected chi connectivity index (χ3v) is 5.11. The molecule has 1 aromatic heterocycles. The molecule has 0 bridgehead atoms. The van der Waals surface area contributed by atoms with Crippen LogP contribution in [-0.4, -0.2) is 67.3 Å². The zero-order valence-corrected chi connectivity index (χ0v) is 17.2. The minimum absolute atomic E-state index is 0.0884. The fourth-order valence-corrected chi connectivity index (χ4v) is 3.72. The molecule has 0 saturated carbocycles. The van der Waals surface area contributed by atoms with Crippen molar-refractivity contribution in [3.05, 3.63) is 47.9 Å². The smallest absolute Gasteiger partial charge is 0.257 e. The van der Waals surface area contributed by atoms with Gasteiger partial charge in [-0.1, -0.05) is 13.8 Å². The second kappa shape index (κ2) is 8.79. The average Bonchev–Trinajstić information content (AvgIpc) is 3.43. The van der Waals surface area contributed by atoms with Crippen LogP contribution in [0.2, 0.25) is 0 Å². The van der Waals surface area contributed by atoms with E-state index in [4.69, 9.17) is 18.6 Å². The van der Waals surface area contributed by atoms with Crippen molar-refractivity contribution in [2.45, 2.75) is 20.0 Å². The van der Waals surface area contributed by atoms with Crippen LogP contribution in [-0.2, 0) is 4.74 Å². The fourth-order valence-electron chi connectivity index (χ4n) is 3.72. The third-order valence-electron chi connectivity index (χ3n) is 5.11. The number of fused-ring (bicyclic) bond motifs is 1. The maximum Gasteiger partial charge on any atom is 0.257 e. The maximum atomic E-state index is 13.2. The lowest BCUT2D eigenvalue weighted by atomic mass is 10.1. The molecule has 0 radical (unpaired) electrons. The molecule has 2 aromatic rings. The van der Waals surface area contributed by atoms with Crippen LogP contribution in [0.5, 0.6) is 11.5 Å². The molecule has 2 aliphatic rings. The number of carbonyl (C=O) groups is 2. The van der Waals surface area contributed by atoms with E-state index in [1.165, 1.54) is 12.5 Å². The summed E-state index contributed by atoms with van der Waals surface area (Å²) >= 11 is 0. The average molecular weight is 414 g/mol. The highest BCUT2D eigenvalue weighted by Gasteiger charge is 2.29. The van der Waals surface area contributed by atoms with E-state index in [-0.39, 0.29) is 30.6 Å². The number of ether oxygens (including phenoxy) is 3. The number of rotatable bonds is 6. The van der Waals surface area contributed by atoms with Gasteiger partial charge in [0.25, 0.3) is 11.8 Å². The van der Waals surface area contributed by atoms with E-state index in [0.29, 0.717) is 55.4 Å². The van der Waals surface area contributed by atoms with Crippen LogP contribution in [0.1, 0.15) is 34.6 Å². The Morgan fingerprint density at radius 2 is 2.00 bits per heavy atom. The van der Waals surface area contributed by atoms with Crippen LogP contribution in [0.3, 0.4) is 0 Å². The predicted molar refractivity (Wildman–Crippen MR) is 108 cm³/mol. The van der Waals surface area contributed by atoms with Crippen molar-refractivity contribution in [1.82, 2.24) is 9.80 Å². The van der Waals surface area contributed by atoms with E-state index < -0.39 is 0 Å². The summed E-state index contributed by atoms with van der Waals surface area (Å²) < 4.78 is 21.7. The molecule has 30 heavy (non-hydrogen) atoms. The quantitative estimate of drug-likeness (QED) is 0.723. The van der Waals surface area contributed by atoms with Crippen molar-refractivity contribution >= 4 is 11.8 Å². The van der Waals surface area contributed by atoms with Gasteiger partial charge in [0.05, 0.1) is 24.5 Å². The van der Waals surface area contributed by atoms with Gasteiger partial charge in [-0.2, -0.15) is 0 Å². The second-order valence-electron chi connectivity index (χ2n) is 7.93. The molecule has 1 atom stereocenters. The van der Waals surface area contributed by atoms with Crippen molar-refractivity contribution < 1.29 is 28.2 Å². The molecule has 1 saturated heterocycles. The van der Waals surface area contributed by atoms with Crippen LogP contribution < -0.4 is 9.47 Å². The Morgan fingerprint density at radius 1 is 1.17 bits per heavy atom. The summed E-state index contributed by atoms with van der Waals surface area (Å²) in [6.45, 7) is 6.66. The molecule has 0 spiro atoms. The van der Waals surface area contributed by atoms with Crippen LogP contribution in [0, 0.1) is 5.92 Å². The van der Waals surface area contributed by atoms with E-state index in [2.05, 4.69) is 13.8 Å². The minimum atomic E-state index is -0.258. The normalized spacial score (nSPS) is 18.0. The highest BCUT2D eigenvalue weighted by molar-refractivity contribution is 5.95. The largest absolute Gasteiger partial charge is 0.472 e. The van der Waals surface area contributed by atoms with Crippen molar-refractivity contribution in [3.63, 3.8) is 0 Å². The summed E-state index contributed by atoms with van der Waals surface area (Å²) in [6.07, 6.45) is 2.67. The fraction of sp³-hybridized carbons (Fsp3) is 0.455. The molecular weight excluding hydrogens is 388 g/mol. The van der Waals surface area contributed by atoms with Crippen LogP contribution in [0.25, 0.3) is 0 Å². The number of amides is 2. The molecule has 0 unspecified atom stereocenters. The van der Waals surface area contributed by atoms with E-state index in [1.807, 2.05) is 0 Å². The van der Waals surface area contributed by atoms with Gasteiger partial charge in [-0.05, 0) is 30.2 Å². The van der Waals surface area contributed by atoms with Crippen LogP contribution in [0.4, 0.5) is 0 Å². The molecule has 2 aliphatic heterocycles. The summed E-state index contributed by atoms with van der Waals surface area (Å²) in [4.78, 5) is 29.4. The molecule has 0 N–H and O–H groups in total. The van der Waals surface area contributed by atoms with Gasteiger partial charge in [0.1, 0.15) is 6.26 Å². The molecule has 4 rings (SSSR count). The SMILES string of the molecule is CC(C)CN(C[C@@H]1CN(C(=O)c2ccoc2)CCO1)C(=O)c1ccc2c(c1)OCO2. The lowest BCUT2D eigenvalue weighted by molar-refractivity contribution is -0.0340. The molecule has 0 aliphatic carbocycles. The van der Waals surface area contributed by atoms with Gasteiger partial charge >= 0.3 is 0 Å². The number of benzene rings is 1. The zero-order valence-electron chi connectivity index (χ0n) is 17.2. The summed E-state index contributed by atoms with van der Waals surface area (Å²) in [6, 6.07) is 6.88. The number of carbonyl (C=O) groups excluding carboxylic acids is 2. The standard InChI is InChI=1S/C22H26N2O6/c1-15(2)10-24(21(25)16-3-4-19-20(9-16)30-14-29-19)12-18-11-23(6-8-28-18)22(26)17-5-7-27-13-17/h3-5,7,9,13,15,18H,6,8,10-12,14H2,1-2H3/t18-/m0/s1. The molecule has 8 heteroatoms. The Labute approximate surface area is 175 Å². The molecule has 1 aromatic carbocycles. The first kappa shape index (κ1) is 20.3. The second-order valence-corrected chi connectivity index (χ2v) is 7.93. The lowest BCUT2D eigenvalue weighted by Gasteiger charge is -2.36. The Bertz CT molecular complexity index is 895. The highest BCUT2D eigenvalue weighted by atomic mass is 16.7. The van der Waals surface area contributed by atoms with Crippen molar-refractivity contribution in [1.29, 1.82) is 0 Å². The van der Waals surface area contributed by atoms with Crippen LogP contribution >= 0.6 is 0 Å². The monoisotopic (exact) mass is 414 g/mol. The summed E-state index contributed by atoms with van der Waals surface area (Å²) in [7, 11) is 0. The van der Waals surface area contributed by atoms with E-state index >= 15 is 0 Å². The number of hydrogen-bond acceptors (Lipinski definition) is 6. The highest BCUT2D eigenvalue weighted by Crippen LogP contribution is 2.33. The predicted octanol–water partition coefficient (Wildman–Crippen LogP) is 2.65. The van der Waals surface area contributed by atoms with Gasteiger partial charge in [0.2, 0.25) is 6.79 Å². The third kappa shape index (κ3) is 4.43. The topological polar surface area (TPSA) is 81.5 Å². The van der Waals surface area contributed by atoms with Gasteiger partial charge in [-0.25, -0.2) is 0 Å². The summed E-state index contributed by atoms with van der Waals surface area (Å²) in [5.41, 5.74) is 1.06. The summed E-state index contributed by atoms with van der Waals surface area (Å²) in [5, 5.41) is 0. The Hall–Kier alpha value is -3.00. The molecule has 2 amide bonds. The number of nitrogens with zero attached hydrogens (tertiary/aromatic N) is 2. The van der Waals surface area contributed by atoms with E-state index in [9.17, 15) is 9.59 Å². The molecule has 160 valence electrons. The molecule has 8 nitrogen and oxygen atoms in total. The lowest BCUT2D eigenvalue weighted by Crippen LogP contribution is -2.51. The van der Waals surface area contributed by atoms with Gasteiger partial charge < -0.3 is 28.4 Å². The Kier molecular flexibility index (Phi) is 5.94. The van der Waals surface area contributed by atoms with Crippen molar-refractivity contribution in [3.8, 4) is 11.5 Å². The summed E-state index contributed by atoms with van der Waals surface area (Å²) in [5.74, 6) is 1.33. The first-order chi connectivity index (χ1) is 14.5. The maximum absolute atomic E-state index is 13.2. The van der Waals surface area contributed by atoms with Crippen LogP contribution in [0.15, 0.2) is 41.2 Å². The van der Waals surface area contributed by atoms with E-state index in [0.717, 1.165) is 0 Å². The van der Waals surface area contributed by atoms with Gasteiger partial charge in [-0.15, -0.1) is 0 Å². The first-order valence-corrected chi connectivity index (χ1v) is 10.1. The molecule has 3 heterocycles. The molecule has 1 fully saturated rings. The van der Waals surface area contributed by atoms with Gasteiger partial charge in [0, 0.05) is 31.7 Å².